The maximum absolute atomic E-state index is 13.0. The van der Waals surface area contributed by atoms with Gasteiger partial charge in [0.15, 0.2) is 0 Å². The van der Waals surface area contributed by atoms with Crippen LogP contribution in [0.5, 0.6) is 0 Å². The van der Waals surface area contributed by atoms with Crippen LogP contribution in [-0.2, 0) is 9.59 Å². The van der Waals surface area contributed by atoms with Crippen molar-refractivity contribution in [3.05, 3.63) is 0 Å². The molecular weight excluding hydrogens is 276 g/mol. The van der Waals surface area contributed by atoms with Crippen molar-refractivity contribution in [2.24, 2.45) is 34.5 Å². The molecule has 1 N–H and O–H groups in total. The first-order valence-corrected chi connectivity index (χ1v) is 9.10. The fourth-order valence-corrected chi connectivity index (χ4v) is 6.83. The maximum atomic E-state index is 13.0. The summed E-state index contributed by atoms with van der Waals surface area (Å²) < 4.78 is 0. The lowest BCUT2D eigenvalue weighted by atomic mass is 9.45. The smallest absolute Gasteiger partial charge is 0.139 e. The molecule has 4 saturated carbocycles. The van der Waals surface area contributed by atoms with Crippen molar-refractivity contribution in [2.75, 3.05) is 0 Å². The normalized spacial score (nSPS) is 54.6. The molecule has 7 atom stereocenters. The Labute approximate surface area is 132 Å². The van der Waals surface area contributed by atoms with E-state index in [0.717, 1.165) is 38.5 Å². The molecular formula is C19H28O3. The van der Waals surface area contributed by atoms with E-state index < -0.39 is 0 Å². The van der Waals surface area contributed by atoms with Crippen LogP contribution < -0.4 is 0 Å². The molecule has 22 heavy (non-hydrogen) atoms. The third-order valence-electron chi connectivity index (χ3n) is 8.04. The molecule has 0 aliphatic heterocycles. The standard InChI is InChI=1S/C19H28O3/c1-18-8-7-12(20)9-11(18)3-4-13-14-5-6-16(22)19(14,2)10-15(21)17(13)18/h11-14,17,20H,3-10H2,1-2H3/t11-,12-,13+,14+,17+,18+,19+/m1/s1. The van der Waals surface area contributed by atoms with Crippen LogP contribution in [0.15, 0.2) is 0 Å². The van der Waals surface area contributed by atoms with Crippen LogP contribution in [0, 0.1) is 34.5 Å². The summed E-state index contributed by atoms with van der Waals surface area (Å²) in [5, 5.41) is 10.0. The number of ketones is 2. The number of Topliss-reactive ketones (excluding diaryl/α,β-unsaturated/α-hetero) is 2. The number of fused-ring (bicyclic) bond motifs is 5. The molecule has 4 aliphatic rings. The molecule has 3 heteroatoms. The summed E-state index contributed by atoms with van der Waals surface area (Å²) in [7, 11) is 0. The van der Waals surface area contributed by atoms with Crippen LogP contribution in [0.3, 0.4) is 0 Å². The van der Waals surface area contributed by atoms with E-state index in [-0.39, 0.29) is 22.9 Å². The van der Waals surface area contributed by atoms with E-state index in [1.165, 1.54) is 0 Å². The van der Waals surface area contributed by atoms with Crippen molar-refractivity contribution in [1.29, 1.82) is 0 Å². The highest BCUT2D eigenvalue weighted by Gasteiger charge is 2.63. The summed E-state index contributed by atoms with van der Waals surface area (Å²) in [6.45, 7) is 4.36. The number of aliphatic hydroxyl groups is 1. The predicted molar refractivity (Wildman–Crippen MR) is 83.1 cm³/mol. The number of carbonyl (C=O) groups excluding carboxylic acids is 2. The largest absolute Gasteiger partial charge is 0.393 e. The van der Waals surface area contributed by atoms with Gasteiger partial charge in [0.2, 0.25) is 0 Å². The van der Waals surface area contributed by atoms with Gasteiger partial charge in [-0.05, 0) is 61.7 Å². The van der Waals surface area contributed by atoms with Crippen LogP contribution in [-0.4, -0.2) is 22.8 Å². The van der Waals surface area contributed by atoms with Crippen LogP contribution in [0.25, 0.3) is 0 Å². The second kappa shape index (κ2) is 4.66. The van der Waals surface area contributed by atoms with E-state index in [4.69, 9.17) is 0 Å². The molecule has 0 amide bonds. The van der Waals surface area contributed by atoms with Crippen LogP contribution in [0.2, 0.25) is 0 Å². The SMILES string of the molecule is C[C@]12CC[C@@H](O)C[C@H]1CC[C@@H]1[C@H]2C(=O)C[C@]2(C)C(=O)CC[C@@H]12. The average molecular weight is 304 g/mol. The fourth-order valence-electron chi connectivity index (χ4n) is 6.83. The van der Waals surface area contributed by atoms with Crippen LogP contribution in [0.1, 0.15) is 65.2 Å². The minimum atomic E-state index is -0.365. The second-order valence-electron chi connectivity index (χ2n) is 8.98. The van der Waals surface area contributed by atoms with Crippen molar-refractivity contribution < 1.29 is 14.7 Å². The molecule has 0 bridgehead atoms. The van der Waals surface area contributed by atoms with Crippen LogP contribution >= 0.6 is 0 Å². The van der Waals surface area contributed by atoms with Gasteiger partial charge in [0, 0.05) is 24.2 Å². The van der Waals surface area contributed by atoms with Gasteiger partial charge >= 0.3 is 0 Å². The van der Waals surface area contributed by atoms with E-state index >= 15 is 0 Å². The topological polar surface area (TPSA) is 54.4 Å². The Hall–Kier alpha value is -0.700. The first-order chi connectivity index (χ1) is 10.4. The molecule has 0 aromatic carbocycles. The minimum absolute atomic E-state index is 0.0617. The number of rotatable bonds is 0. The highest BCUT2D eigenvalue weighted by atomic mass is 16.3. The maximum Gasteiger partial charge on any atom is 0.139 e. The summed E-state index contributed by atoms with van der Waals surface area (Å²) in [5.74, 6) is 2.14. The first-order valence-electron chi connectivity index (χ1n) is 9.10. The number of carbonyl (C=O) groups is 2. The molecule has 0 aromatic heterocycles. The second-order valence-corrected chi connectivity index (χ2v) is 8.98. The molecule has 122 valence electrons. The summed E-state index contributed by atoms with van der Waals surface area (Å²) >= 11 is 0. The van der Waals surface area contributed by atoms with Gasteiger partial charge in [0.05, 0.1) is 6.10 Å². The minimum Gasteiger partial charge on any atom is -0.393 e. The summed E-state index contributed by atoms with van der Waals surface area (Å²) in [6, 6.07) is 0. The molecule has 4 fully saturated rings. The zero-order valence-corrected chi connectivity index (χ0v) is 13.8. The lowest BCUT2D eigenvalue weighted by molar-refractivity contribution is -0.162. The third kappa shape index (κ3) is 1.78. The zero-order valence-electron chi connectivity index (χ0n) is 13.8. The Kier molecular flexibility index (Phi) is 3.15. The molecule has 0 heterocycles. The third-order valence-corrected chi connectivity index (χ3v) is 8.04. The van der Waals surface area contributed by atoms with Gasteiger partial charge < -0.3 is 5.11 Å². The Balaban J connectivity index is 1.71. The van der Waals surface area contributed by atoms with Crippen molar-refractivity contribution in [2.45, 2.75) is 71.3 Å². The monoisotopic (exact) mass is 304 g/mol. The fraction of sp³-hybridized carbons (Fsp3) is 0.895. The molecule has 3 nitrogen and oxygen atoms in total. The number of hydrogen-bond acceptors (Lipinski definition) is 3. The Bertz CT molecular complexity index is 527. The lowest BCUT2D eigenvalue weighted by Gasteiger charge is -2.58. The van der Waals surface area contributed by atoms with Gasteiger partial charge in [-0.3, -0.25) is 9.59 Å². The average Bonchev–Trinajstić information content (AvgIpc) is 2.75. The predicted octanol–water partition coefficient (Wildman–Crippen LogP) is 3.14. The van der Waals surface area contributed by atoms with Gasteiger partial charge in [-0.15, -0.1) is 0 Å². The van der Waals surface area contributed by atoms with Gasteiger partial charge in [-0.1, -0.05) is 13.8 Å². The molecule has 0 spiro atoms. The van der Waals surface area contributed by atoms with E-state index in [0.29, 0.717) is 42.2 Å². The zero-order chi connectivity index (χ0) is 15.7. The van der Waals surface area contributed by atoms with Gasteiger partial charge in [-0.25, -0.2) is 0 Å². The van der Waals surface area contributed by atoms with Crippen molar-refractivity contribution in [3.8, 4) is 0 Å². The van der Waals surface area contributed by atoms with Crippen molar-refractivity contribution in [1.82, 2.24) is 0 Å². The summed E-state index contributed by atoms with van der Waals surface area (Å²) in [4.78, 5) is 25.4. The molecule has 0 unspecified atom stereocenters. The molecule has 0 radical (unpaired) electrons. The number of aliphatic hydroxyl groups excluding tert-OH is 1. The Morgan fingerprint density at radius 1 is 1.09 bits per heavy atom. The first kappa shape index (κ1) is 14.9. The van der Waals surface area contributed by atoms with Crippen LogP contribution in [0.4, 0.5) is 0 Å². The van der Waals surface area contributed by atoms with E-state index in [1.807, 2.05) is 0 Å². The molecule has 4 aliphatic carbocycles. The Morgan fingerprint density at radius 3 is 2.64 bits per heavy atom. The summed E-state index contributed by atoms with van der Waals surface area (Å²) in [5.41, 5.74) is -0.304. The highest BCUT2D eigenvalue weighted by molar-refractivity contribution is 5.95. The number of hydrogen-bond donors (Lipinski definition) is 1. The molecule has 0 saturated heterocycles. The van der Waals surface area contributed by atoms with Gasteiger partial charge in [0.25, 0.3) is 0 Å². The van der Waals surface area contributed by atoms with E-state index in [9.17, 15) is 14.7 Å². The van der Waals surface area contributed by atoms with Crippen molar-refractivity contribution >= 4 is 11.6 Å². The lowest BCUT2D eigenvalue weighted by Crippen LogP contribution is -2.57. The van der Waals surface area contributed by atoms with E-state index in [1.54, 1.807) is 0 Å². The van der Waals surface area contributed by atoms with Gasteiger partial charge in [0.1, 0.15) is 11.6 Å². The summed E-state index contributed by atoms with van der Waals surface area (Å²) in [6.07, 6.45) is 6.86. The quantitative estimate of drug-likeness (QED) is 0.748. The molecule has 4 rings (SSSR count). The Morgan fingerprint density at radius 2 is 1.86 bits per heavy atom. The van der Waals surface area contributed by atoms with Gasteiger partial charge in [-0.2, -0.15) is 0 Å². The molecule has 0 aromatic rings. The van der Waals surface area contributed by atoms with E-state index in [2.05, 4.69) is 13.8 Å². The highest BCUT2D eigenvalue weighted by Crippen LogP contribution is 2.64. The van der Waals surface area contributed by atoms with Crippen molar-refractivity contribution in [3.63, 3.8) is 0 Å².